The molecule has 0 radical (unpaired) electrons. The van der Waals surface area contributed by atoms with Gasteiger partial charge in [0, 0.05) is 52.0 Å². The molecule has 2 N–H and O–H groups in total. The Morgan fingerprint density at radius 3 is 2.81 bits per heavy atom. The lowest BCUT2D eigenvalue weighted by molar-refractivity contribution is -0.143. The number of ether oxygens (including phenoxy) is 2. The van der Waals surface area contributed by atoms with Crippen molar-refractivity contribution in [3.8, 4) is 0 Å². The number of nitrogens with zero attached hydrogens (tertiary/aromatic N) is 3. The first-order chi connectivity index (χ1) is 15.4. The van der Waals surface area contributed by atoms with E-state index in [4.69, 9.17) is 26.5 Å². The van der Waals surface area contributed by atoms with E-state index in [0.717, 1.165) is 11.4 Å². The number of carbonyl (C=O) groups excluding carboxylic acids is 1. The number of nitrogens with one attached hydrogen (secondary N) is 1. The Morgan fingerprint density at radius 1 is 1.41 bits per heavy atom. The molecule has 0 aliphatic carbocycles. The highest BCUT2D eigenvalue weighted by Crippen LogP contribution is 2.47. The molecular formula is C21H30FN4O5S+. The van der Waals surface area contributed by atoms with Crippen LogP contribution in [0.25, 0.3) is 0 Å². The van der Waals surface area contributed by atoms with Crippen LogP contribution < -0.4 is 14.9 Å². The van der Waals surface area contributed by atoms with Crippen molar-refractivity contribution in [3.63, 3.8) is 0 Å². The van der Waals surface area contributed by atoms with E-state index in [1.165, 1.54) is 13.2 Å². The fourth-order valence-corrected chi connectivity index (χ4v) is 4.33. The zero-order valence-corrected chi connectivity index (χ0v) is 19.1. The van der Waals surface area contributed by atoms with Crippen molar-refractivity contribution in [2.75, 3.05) is 57.9 Å². The zero-order valence-electron chi connectivity index (χ0n) is 18.3. The molecule has 4 atom stereocenters. The molecule has 32 heavy (non-hydrogen) atoms. The fourth-order valence-electron chi connectivity index (χ4n) is 4.24. The third-order valence-corrected chi connectivity index (χ3v) is 6.55. The van der Waals surface area contributed by atoms with Gasteiger partial charge in [-0.25, -0.2) is 4.39 Å². The van der Waals surface area contributed by atoms with E-state index >= 15 is 4.39 Å². The molecule has 3 saturated heterocycles. The number of hydrogen-bond donors (Lipinski definition) is 2. The number of aliphatic hydroxyl groups is 1. The van der Waals surface area contributed by atoms with Gasteiger partial charge in [0.15, 0.2) is 17.6 Å². The van der Waals surface area contributed by atoms with Crippen LogP contribution in [0.3, 0.4) is 0 Å². The number of fused-ring (bicyclic) bond motifs is 1. The van der Waals surface area contributed by atoms with E-state index in [1.807, 2.05) is 17.9 Å². The molecule has 3 fully saturated rings. The maximum absolute atomic E-state index is 15.0. The van der Waals surface area contributed by atoms with Gasteiger partial charge in [0.25, 0.3) is 5.91 Å². The first kappa shape index (κ1) is 23.3. The first-order valence-electron chi connectivity index (χ1n) is 10.9. The highest BCUT2D eigenvalue weighted by molar-refractivity contribution is 7.80. The van der Waals surface area contributed by atoms with Crippen LogP contribution in [-0.2, 0) is 19.1 Å². The number of aliphatic hydroxyl groups excluding tert-OH is 1. The van der Waals surface area contributed by atoms with Crippen molar-refractivity contribution in [1.82, 2.24) is 14.9 Å². The van der Waals surface area contributed by atoms with Gasteiger partial charge in [-0.3, -0.25) is 9.53 Å². The summed E-state index contributed by atoms with van der Waals surface area (Å²) in [6.45, 7) is 4.94. The monoisotopic (exact) mass is 469 g/mol. The Morgan fingerprint density at radius 2 is 2.16 bits per heavy atom. The number of quaternary nitrogens is 1. The number of hydroxylamine groups is 2. The molecule has 3 heterocycles. The first-order valence-corrected chi connectivity index (χ1v) is 11.3. The molecular weight excluding hydrogens is 439 g/mol. The van der Waals surface area contributed by atoms with E-state index in [2.05, 4.69) is 5.32 Å². The molecule has 0 bridgehead atoms. The van der Waals surface area contributed by atoms with E-state index in [0.29, 0.717) is 50.6 Å². The summed E-state index contributed by atoms with van der Waals surface area (Å²) in [5, 5.41) is 13.0. The molecule has 4 rings (SSSR count). The van der Waals surface area contributed by atoms with Gasteiger partial charge in [-0.2, -0.15) is 0 Å². The number of methoxy groups -OCH3 is 1. The summed E-state index contributed by atoms with van der Waals surface area (Å²) in [5.41, 5.74) is 1.20. The molecule has 1 amide bonds. The molecule has 1 aromatic rings. The minimum atomic E-state index is -1.17. The zero-order chi connectivity index (χ0) is 22.9. The number of amides is 1. The molecule has 176 valence electrons. The molecule has 3 aliphatic heterocycles. The summed E-state index contributed by atoms with van der Waals surface area (Å²) < 4.78 is 25.9. The minimum Gasteiger partial charge on any atom is -0.381 e. The molecule has 9 nitrogen and oxygen atoms in total. The number of hydrogen-bond acceptors (Lipinski definition) is 7. The Hall–Kier alpha value is -1.89. The molecule has 0 saturated carbocycles. The van der Waals surface area contributed by atoms with Crippen LogP contribution in [0.4, 0.5) is 15.8 Å². The van der Waals surface area contributed by atoms with Gasteiger partial charge in [-0.15, -0.1) is 0 Å². The summed E-state index contributed by atoms with van der Waals surface area (Å²) in [4.78, 5) is 22.2. The van der Waals surface area contributed by atoms with Crippen LogP contribution in [0.1, 0.15) is 13.3 Å². The molecule has 3 aliphatic rings. The average Bonchev–Trinajstić information content (AvgIpc) is 3.38. The topological polar surface area (TPSA) is 86.8 Å². The standard InChI is InChI=1S/C21H29FN4O5S/c1-3-19(32)23-11-15-12-26(21(30-15)31-26)14-4-5-17(16(22)10-14)24-6-8-25(9-7-24)20(28)18(27)13-29-2/h4-5,10,15,18,21,27H,3,6-9,11-13H2,1-2H3/p+1/t15-,18-,21?,26?/m0/s1. The number of halogens is 1. The van der Waals surface area contributed by atoms with Gasteiger partial charge in [-0.1, -0.05) is 28.6 Å². The number of thiocarbonyl (C=S) groups is 1. The predicted molar refractivity (Wildman–Crippen MR) is 120 cm³/mol. The number of piperazine rings is 1. The van der Waals surface area contributed by atoms with Crippen molar-refractivity contribution in [2.45, 2.75) is 32.0 Å². The highest BCUT2D eigenvalue weighted by Gasteiger charge is 2.70. The molecule has 0 aromatic heterocycles. The molecule has 1 aromatic carbocycles. The minimum absolute atomic E-state index is 0.0376. The number of rotatable bonds is 8. The highest BCUT2D eigenvalue weighted by atomic mass is 32.1. The SMILES string of the molecule is CCC(=S)NC[C@H]1C[N+]2(c3ccc(N4CCN(C(=O)[C@@H](O)COC)CC4)c(F)c3)OC2O1. The number of anilines is 1. The third kappa shape index (κ3) is 4.59. The van der Waals surface area contributed by atoms with Crippen LogP contribution in [-0.4, -0.2) is 92.5 Å². The fraction of sp³-hybridized carbons (Fsp3) is 0.619. The lowest BCUT2D eigenvalue weighted by Gasteiger charge is -2.37. The summed E-state index contributed by atoms with van der Waals surface area (Å²) in [6.07, 6.45) is -0.850. The van der Waals surface area contributed by atoms with Gasteiger partial charge in [-0.05, 0) is 12.5 Å². The van der Waals surface area contributed by atoms with Gasteiger partial charge in [0.2, 0.25) is 0 Å². The maximum atomic E-state index is 15.0. The van der Waals surface area contributed by atoms with E-state index in [1.54, 1.807) is 11.0 Å². The summed E-state index contributed by atoms with van der Waals surface area (Å²) in [5.74, 6) is -0.696. The quantitative estimate of drug-likeness (QED) is 0.328. The average molecular weight is 470 g/mol. The lowest BCUT2D eigenvalue weighted by atomic mass is 10.2. The van der Waals surface area contributed by atoms with Crippen molar-refractivity contribution in [3.05, 3.63) is 24.0 Å². The van der Waals surface area contributed by atoms with Gasteiger partial charge < -0.3 is 25.0 Å². The number of carbonyl (C=O) groups is 1. The Kier molecular flexibility index (Phi) is 6.94. The molecule has 2 unspecified atom stereocenters. The van der Waals surface area contributed by atoms with Crippen molar-refractivity contribution >= 4 is 34.5 Å². The molecule has 0 spiro atoms. The van der Waals surface area contributed by atoms with Gasteiger partial charge >= 0.3 is 6.41 Å². The third-order valence-electron chi connectivity index (χ3n) is 6.11. The van der Waals surface area contributed by atoms with Crippen LogP contribution >= 0.6 is 12.2 Å². The summed E-state index contributed by atoms with van der Waals surface area (Å²) in [6, 6.07) is 5.13. The predicted octanol–water partition coefficient (Wildman–Crippen LogP) is 0.744. The van der Waals surface area contributed by atoms with Crippen LogP contribution in [0.15, 0.2) is 18.2 Å². The Balaban J connectivity index is 1.35. The van der Waals surface area contributed by atoms with Crippen LogP contribution in [0, 0.1) is 5.82 Å². The van der Waals surface area contributed by atoms with Crippen molar-refractivity contribution in [2.24, 2.45) is 0 Å². The van der Waals surface area contributed by atoms with Gasteiger partial charge in [0.1, 0.15) is 12.6 Å². The smallest absolute Gasteiger partial charge is 0.381 e. The van der Waals surface area contributed by atoms with Gasteiger partial charge in [0.05, 0.1) is 17.3 Å². The largest absolute Gasteiger partial charge is 0.393 e. The maximum Gasteiger partial charge on any atom is 0.393 e. The van der Waals surface area contributed by atoms with Crippen molar-refractivity contribution < 1.29 is 28.6 Å². The van der Waals surface area contributed by atoms with E-state index < -0.39 is 12.5 Å². The Labute approximate surface area is 192 Å². The summed E-state index contributed by atoms with van der Waals surface area (Å²) in [7, 11) is 1.44. The second-order valence-electron chi connectivity index (χ2n) is 8.23. The summed E-state index contributed by atoms with van der Waals surface area (Å²) >= 11 is 5.19. The molecule has 11 heteroatoms. The second-order valence-corrected chi connectivity index (χ2v) is 8.72. The van der Waals surface area contributed by atoms with Crippen LogP contribution in [0.5, 0.6) is 0 Å². The number of benzene rings is 1. The van der Waals surface area contributed by atoms with Crippen LogP contribution in [0.2, 0.25) is 0 Å². The second kappa shape index (κ2) is 9.54. The lowest BCUT2D eigenvalue weighted by Crippen LogP contribution is -2.52. The van der Waals surface area contributed by atoms with E-state index in [9.17, 15) is 9.90 Å². The Bertz CT molecular complexity index is 869. The van der Waals surface area contributed by atoms with Crippen molar-refractivity contribution in [1.29, 1.82) is 0 Å². The normalized spacial score (nSPS) is 27.8. The van der Waals surface area contributed by atoms with E-state index in [-0.39, 0.29) is 29.1 Å².